The molecule has 13 heavy (non-hydrogen) atoms. The van der Waals surface area contributed by atoms with Crippen molar-refractivity contribution in [2.45, 2.75) is 57.8 Å². The average Bonchev–Trinajstić information content (AvgIpc) is 2.62. The first-order valence-corrected chi connectivity index (χ1v) is 5.29. The Morgan fingerprint density at radius 1 is 1.23 bits per heavy atom. The summed E-state index contributed by atoms with van der Waals surface area (Å²) in [5, 5.41) is 0. The number of hydrogen-bond donors (Lipinski definition) is 1. The van der Waals surface area contributed by atoms with Crippen LogP contribution < -0.4 is 0 Å². The molecule has 1 rings (SSSR count). The zero-order valence-corrected chi connectivity index (χ0v) is 10.2. The molecule has 1 saturated carbocycles. The van der Waals surface area contributed by atoms with Crippen molar-refractivity contribution in [3.8, 4) is 0 Å². The minimum atomic E-state index is -0.213. The second kappa shape index (κ2) is 3.23. The van der Waals surface area contributed by atoms with E-state index < -0.39 is 0 Å². The molecule has 0 bridgehead atoms. The zero-order valence-electron chi connectivity index (χ0n) is 9.27. The standard InChI is InChI=1S/C11H20OS/c1-8(9-6-7-9)12-10(2,3)11(4,5)13/h13H,6-7H2,1-5H3. The first kappa shape index (κ1) is 11.0. The molecule has 1 aliphatic rings. The van der Waals surface area contributed by atoms with Crippen LogP contribution in [0, 0.1) is 0 Å². The van der Waals surface area contributed by atoms with Crippen molar-refractivity contribution in [3.05, 3.63) is 11.3 Å². The summed E-state index contributed by atoms with van der Waals surface area (Å²) >= 11 is 4.55. The quantitative estimate of drug-likeness (QED) is 0.541. The Labute approximate surface area is 87.0 Å². The molecule has 1 nitrogen and oxygen atoms in total. The summed E-state index contributed by atoms with van der Waals surface area (Å²) in [5.74, 6) is 1.10. The Morgan fingerprint density at radius 2 is 1.69 bits per heavy atom. The maximum absolute atomic E-state index is 5.93. The predicted molar refractivity (Wildman–Crippen MR) is 60.2 cm³/mol. The second-order valence-corrected chi connectivity index (χ2v) is 5.95. The van der Waals surface area contributed by atoms with E-state index in [0.29, 0.717) is 0 Å². The van der Waals surface area contributed by atoms with Gasteiger partial charge in [-0.2, -0.15) is 12.6 Å². The lowest BCUT2D eigenvalue weighted by Crippen LogP contribution is -2.42. The predicted octanol–water partition coefficient (Wildman–Crippen LogP) is 3.56. The summed E-state index contributed by atoms with van der Waals surface area (Å²) in [5.41, 5.74) is 1.25. The summed E-state index contributed by atoms with van der Waals surface area (Å²) in [7, 11) is 0. The van der Waals surface area contributed by atoms with E-state index in [4.69, 9.17) is 4.74 Å². The van der Waals surface area contributed by atoms with E-state index in [0.717, 1.165) is 5.76 Å². The van der Waals surface area contributed by atoms with Gasteiger partial charge in [-0.1, -0.05) is 0 Å². The Bertz CT molecular complexity index is 227. The molecule has 0 heterocycles. The highest BCUT2D eigenvalue weighted by Gasteiger charge is 2.36. The fraction of sp³-hybridized carbons (Fsp3) is 0.818. The third-order valence-electron chi connectivity index (χ3n) is 2.88. The topological polar surface area (TPSA) is 9.23 Å². The molecule has 0 aromatic carbocycles. The monoisotopic (exact) mass is 200 g/mol. The molecule has 0 saturated heterocycles. The van der Waals surface area contributed by atoms with E-state index in [-0.39, 0.29) is 10.3 Å². The Hall–Kier alpha value is -0.110. The summed E-state index contributed by atoms with van der Waals surface area (Å²) in [6.45, 7) is 10.4. The fourth-order valence-corrected chi connectivity index (χ4v) is 1.04. The number of thiol groups is 1. The summed E-state index contributed by atoms with van der Waals surface area (Å²) in [6, 6.07) is 0. The van der Waals surface area contributed by atoms with Gasteiger partial charge in [0, 0.05) is 4.75 Å². The van der Waals surface area contributed by atoms with Crippen molar-refractivity contribution in [1.29, 1.82) is 0 Å². The third kappa shape index (κ3) is 2.67. The van der Waals surface area contributed by atoms with Gasteiger partial charge in [-0.25, -0.2) is 0 Å². The largest absolute Gasteiger partial charge is 0.491 e. The van der Waals surface area contributed by atoms with Crippen molar-refractivity contribution in [3.63, 3.8) is 0 Å². The van der Waals surface area contributed by atoms with Gasteiger partial charge in [0.05, 0.1) is 5.76 Å². The molecule has 1 fully saturated rings. The molecular formula is C11H20OS. The molecule has 0 unspecified atom stereocenters. The lowest BCUT2D eigenvalue weighted by atomic mass is 9.93. The minimum absolute atomic E-state index is 0.121. The maximum atomic E-state index is 5.93. The van der Waals surface area contributed by atoms with Crippen LogP contribution in [0.15, 0.2) is 11.3 Å². The molecule has 0 amide bonds. The van der Waals surface area contributed by atoms with Gasteiger partial charge in [0.1, 0.15) is 5.60 Å². The SMILES string of the molecule is CC(OC(C)(C)C(C)(C)S)=C1CC1. The first-order valence-electron chi connectivity index (χ1n) is 4.84. The molecule has 0 aromatic rings. The highest BCUT2D eigenvalue weighted by atomic mass is 32.1. The van der Waals surface area contributed by atoms with E-state index in [1.54, 1.807) is 0 Å². The molecule has 2 heteroatoms. The molecular weight excluding hydrogens is 180 g/mol. The van der Waals surface area contributed by atoms with Crippen LogP contribution in [0.25, 0.3) is 0 Å². The average molecular weight is 200 g/mol. The first-order chi connectivity index (χ1) is 5.74. The molecule has 1 aliphatic carbocycles. The molecule has 0 spiro atoms. The lowest BCUT2D eigenvalue weighted by molar-refractivity contribution is 0.0103. The Morgan fingerprint density at radius 3 is 2.00 bits per heavy atom. The van der Waals surface area contributed by atoms with Crippen LogP contribution >= 0.6 is 12.6 Å². The van der Waals surface area contributed by atoms with Crippen LogP contribution in [0.5, 0.6) is 0 Å². The van der Waals surface area contributed by atoms with Gasteiger partial charge in [0.2, 0.25) is 0 Å². The maximum Gasteiger partial charge on any atom is 0.117 e. The van der Waals surface area contributed by atoms with E-state index >= 15 is 0 Å². The van der Waals surface area contributed by atoms with E-state index in [2.05, 4.69) is 47.2 Å². The smallest absolute Gasteiger partial charge is 0.117 e. The molecule has 0 aliphatic heterocycles. The number of ether oxygens (including phenoxy) is 1. The molecule has 0 N–H and O–H groups in total. The number of allylic oxidation sites excluding steroid dienone is 2. The van der Waals surface area contributed by atoms with Crippen LogP contribution in [0.2, 0.25) is 0 Å². The number of hydrogen-bond acceptors (Lipinski definition) is 2. The molecule has 0 aromatic heterocycles. The van der Waals surface area contributed by atoms with Crippen molar-refractivity contribution in [2.75, 3.05) is 0 Å². The molecule has 76 valence electrons. The van der Waals surface area contributed by atoms with Crippen molar-refractivity contribution in [1.82, 2.24) is 0 Å². The second-order valence-electron chi connectivity index (χ2n) is 4.83. The lowest BCUT2D eigenvalue weighted by Gasteiger charge is -2.38. The van der Waals surface area contributed by atoms with Crippen molar-refractivity contribution < 1.29 is 4.74 Å². The molecule has 0 radical (unpaired) electrons. The van der Waals surface area contributed by atoms with Crippen LogP contribution in [0.3, 0.4) is 0 Å². The van der Waals surface area contributed by atoms with Gasteiger partial charge in [-0.3, -0.25) is 0 Å². The van der Waals surface area contributed by atoms with Crippen LogP contribution in [-0.4, -0.2) is 10.3 Å². The van der Waals surface area contributed by atoms with Crippen LogP contribution in [0.4, 0.5) is 0 Å². The van der Waals surface area contributed by atoms with Gasteiger partial charge in [0.15, 0.2) is 0 Å². The molecule has 0 atom stereocenters. The Balaban J connectivity index is 2.67. The summed E-state index contributed by atoms with van der Waals surface area (Å²) in [6.07, 6.45) is 2.43. The van der Waals surface area contributed by atoms with Crippen molar-refractivity contribution >= 4 is 12.6 Å². The summed E-state index contributed by atoms with van der Waals surface area (Å²) < 4.78 is 5.81. The minimum Gasteiger partial charge on any atom is -0.491 e. The normalized spacial score (nSPS) is 17.2. The van der Waals surface area contributed by atoms with E-state index in [1.165, 1.54) is 18.4 Å². The fourth-order valence-electron chi connectivity index (χ4n) is 0.994. The highest BCUT2D eigenvalue weighted by Crippen LogP contribution is 2.38. The van der Waals surface area contributed by atoms with Gasteiger partial charge >= 0.3 is 0 Å². The van der Waals surface area contributed by atoms with Crippen molar-refractivity contribution in [2.24, 2.45) is 0 Å². The highest BCUT2D eigenvalue weighted by molar-refractivity contribution is 7.81. The van der Waals surface area contributed by atoms with Gasteiger partial charge in [0.25, 0.3) is 0 Å². The van der Waals surface area contributed by atoms with Gasteiger partial charge < -0.3 is 4.74 Å². The van der Waals surface area contributed by atoms with Crippen LogP contribution in [-0.2, 0) is 4.74 Å². The summed E-state index contributed by atoms with van der Waals surface area (Å²) in [4.78, 5) is 0. The van der Waals surface area contributed by atoms with Gasteiger partial charge in [-0.05, 0) is 53.0 Å². The zero-order chi connectivity index (χ0) is 10.3. The van der Waals surface area contributed by atoms with Gasteiger partial charge in [-0.15, -0.1) is 0 Å². The number of rotatable bonds is 3. The Kier molecular flexibility index (Phi) is 2.73. The van der Waals surface area contributed by atoms with E-state index in [1.807, 2.05) is 0 Å². The third-order valence-corrected chi connectivity index (χ3v) is 3.42. The van der Waals surface area contributed by atoms with Crippen LogP contribution in [0.1, 0.15) is 47.5 Å². The van der Waals surface area contributed by atoms with E-state index in [9.17, 15) is 0 Å².